The number of carbonyl (C=O) groups is 3. The summed E-state index contributed by atoms with van der Waals surface area (Å²) >= 11 is 0.839. The minimum absolute atomic E-state index is 0.00294. The van der Waals surface area contributed by atoms with Gasteiger partial charge in [0.05, 0.1) is 25.2 Å². The zero-order valence-electron chi connectivity index (χ0n) is 20.1. The van der Waals surface area contributed by atoms with Gasteiger partial charge in [-0.2, -0.15) is 0 Å². The number of hydrogen-bond donors (Lipinski definition) is 0. The molecule has 4 rings (SSSR count). The first-order valence-electron chi connectivity index (χ1n) is 11.3. The molecule has 2 amide bonds. The van der Waals surface area contributed by atoms with Crippen molar-refractivity contribution in [2.45, 2.75) is 27.0 Å². The highest BCUT2D eigenvalue weighted by atomic mass is 32.2. The summed E-state index contributed by atoms with van der Waals surface area (Å²) < 4.78 is 21.7. The number of imide groups is 1. The fraction of sp³-hybridized carbons (Fsp3) is 0.222. The molecule has 3 aromatic rings. The second-order valence-electron chi connectivity index (χ2n) is 7.94. The molecule has 8 nitrogen and oxygen atoms in total. The number of thioether (sulfide) groups is 1. The maximum atomic E-state index is 12.9. The lowest BCUT2D eigenvalue weighted by atomic mass is 10.1. The highest BCUT2D eigenvalue weighted by Gasteiger charge is 2.35. The van der Waals surface area contributed by atoms with Crippen molar-refractivity contribution in [3.05, 3.63) is 87.7 Å². The molecular formula is C27H25NO7S. The summed E-state index contributed by atoms with van der Waals surface area (Å²) in [5, 5.41) is -0.426. The molecule has 0 spiro atoms. The van der Waals surface area contributed by atoms with Gasteiger partial charge in [-0.3, -0.25) is 14.5 Å². The Morgan fingerprint density at radius 2 is 1.89 bits per heavy atom. The quantitative estimate of drug-likeness (QED) is 0.273. The third-order valence-electron chi connectivity index (χ3n) is 5.28. The predicted molar refractivity (Wildman–Crippen MR) is 135 cm³/mol. The molecule has 0 aliphatic carbocycles. The second kappa shape index (κ2) is 11.2. The summed E-state index contributed by atoms with van der Waals surface area (Å²) in [6.07, 6.45) is 1.64. The molecule has 0 bridgehead atoms. The number of furan rings is 1. The summed E-state index contributed by atoms with van der Waals surface area (Å²) in [4.78, 5) is 38.3. The lowest BCUT2D eigenvalue weighted by Crippen LogP contribution is -2.27. The molecule has 0 atom stereocenters. The van der Waals surface area contributed by atoms with Crippen LogP contribution in [0.15, 0.2) is 63.9 Å². The van der Waals surface area contributed by atoms with E-state index in [1.54, 1.807) is 24.3 Å². The molecule has 186 valence electrons. The van der Waals surface area contributed by atoms with E-state index >= 15 is 0 Å². The van der Waals surface area contributed by atoms with Crippen molar-refractivity contribution in [2.24, 2.45) is 0 Å². The average Bonchev–Trinajstić information content (AvgIpc) is 3.44. The van der Waals surface area contributed by atoms with Gasteiger partial charge in [0.25, 0.3) is 11.1 Å². The van der Waals surface area contributed by atoms with Crippen LogP contribution in [0.25, 0.3) is 6.08 Å². The topological polar surface area (TPSA) is 95.3 Å². The Labute approximate surface area is 212 Å². The van der Waals surface area contributed by atoms with E-state index in [1.807, 2.05) is 32.0 Å². The Morgan fingerprint density at radius 3 is 2.64 bits per heavy atom. The number of hydrogen-bond acceptors (Lipinski definition) is 8. The van der Waals surface area contributed by atoms with Crippen molar-refractivity contribution in [3.8, 4) is 11.5 Å². The van der Waals surface area contributed by atoms with Crippen LogP contribution in [0.1, 0.15) is 39.9 Å². The fourth-order valence-corrected chi connectivity index (χ4v) is 4.42. The van der Waals surface area contributed by atoms with Gasteiger partial charge in [-0.05, 0) is 67.1 Å². The predicted octanol–water partition coefficient (Wildman–Crippen LogP) is 5.59. The van der Waals surface area contributed by atoms with E-state index in [0.29, 0.717) is 36.0 Å². The van der Waals surface area contributed by atoms with Crippen LogP contribution in [0.3, 0.4) is 0 Å². The van der Waals surface area contributed by atoms with Gasteiger partial charge in [-0.1, -0.05) is 35.9 Å². The van der Waals surface area contributed by atoms with Gasteiger partial charge < -0.3 is 18.6 Å². The van der Waals surface area contributed by atoms with Crippen molar-refractivity contribution in [3.63, 3.8) is 0 Å². The van der Waals surface area contributed by atoms with Crippen LogP contribution in [0, 0.1) is 6.92 Å². The molecule has 0 unspecified atom stereocenters. The van der Waals surface area contributed by atoms with E-state index in [1.165, 1.54) is 19.2 Å². The van der Waals surface area contributed by atoms with Crippen LogP contribution in [0.5, 0.6) is 11.5 Å². The number of rotatable bonds is 9. The van der Waals surface area contributed by atoms with Crippen LogP contribution in [-0.4, -0.2) is 35.7 Å². The third-order valence-corrected chi connectivity index (χ3v) is 6.19. The lowest BCUT2D eigenvalue weighted by molar-refractivity contribution is -0.123. The Hall–Kier alpha value is -3.98. The summed E-state index contributed by atoms with van der Waals surface area (Å²) in [6, 6.07) is 16.4. The third kappa shape index (κ3) is 5.80. The fourth-order valence-electron chi connectivity index (χ4n) is 3.58. The standard InChI is InChI=1S/C27H25NO7S/c1-4-33-23-13-18(8-10-21(23)34-16-19-7-5-6-17(2)12-19)14-24-25(29)28(27(31)36-24)15-20-9-11-22(35-20)26(30)32-3/h5-14H,4,15-16H2,1-3H3/b24-14+. The molecule has 1 aromatic heterocycles. The normalized spacial score (nSPS) is 14.4. The van der Waals surface area contributed by atoms with Gasteiger partial charge in [0.15, 0.2) is 11.5 Å². The minimum atomic E-state index is -0.633. The van der Waals surface area contributed by atoms with Crippen molar-refractivity contribution >= 4 is 35.0 Å². The van der Waals surface area contributed by atoms with Crippen molar-refractivity contribution in [1.82, 2.24) is 4.90 Å². The number of nitrogens with zero attached hydrogens (tertiary/aromatic N) is 1. The Morgan fingerprint density at radius 1 is 1.06 bits per heavy atom. The first-order chi connectivity index (χ1) is 17.4. The Bertz CT molecular complexity index is 1330. The SMILES string of the molecule is CCOc1cc(/C=C2/SC(=O)N(Cc3ccc(C(=O)OC)o3)C2=O)ccc1OCc1cccc(C)c1. The van der Waals surface area contributed by atoms with Crippen molar-refractivity contribution < 1.29 is 33.0 Å². The van der Waals surface area contributed by atoms with E-state index in [4.69, 9.17) is 13.9 Å². The van der Waals surface area contributed by atoms with E-state index in [9.17, 15) is 14.4 Å². The number of amides is 2. The van der Waals surface area contributed by atoms with Crippen LogP contribution in [0.2, 0.25) is 0 Å². The number of esters is 1. The molecule has 1 saturated heterocycles. The highest BCUT2D eigenvalue weighted by molar-refractivity contribution is 8.18. The first kappa shape index (κ1) is 25.1. The number of benzene rings is 2. The Kier molecular flexibility index (Phi) is 7.80. The molecule has 1 fully saturated rings. The number of methoxy groups -OCH3 is 1. The number of aryl methyl sites for hydroxylation is 1. The largest absolute Gasteiger partial charge is 0.490 e. The monoisotopic (exact) mass is 507 g/mol. The molecule has 36 heavy (non-hydrogen) atoms. The first-order valence-corrected chi connectivity index (χ1v) is 12.1. The van der Waals surface area contributed by atoms with Crippen LogP contribution < -0.4 is 9.47 Å². The molecule has 0 radical (unpaired) electrons. The Balaban J connectivity index is 1.48. The minimum Gasteiger partial charge on any atom is -0.490 e. The van der Waals surface area contributed by atoms with Gasteiger partial charge in [0.1, 0.15) is 12.4 Å². The van der Waals surface area contributed by atoms with Gasteiger partial charge in [0.2, 0.25) is 5.76 Å². The van der Waals surface area contributed by atoms with Crippen molar-refractivity contribution in [2.75, 3.05) is 13.7 Å². The summed E-state index contributed by atoms with van der Waals surface area (Å²) in [6.45, 7) is 4.65. The highest BCUT2D eigenvalue weighted by Crippen LogP contribution is 2.35. The zero-order valence-corrected chi connectivity index (χ0v) is 20.9. The van der Waals surface area contributed by atoms with E-state index < -0.39 is 17.1 Å². The van der Waals surface area contributed by atoms with Crippen LogP contribution >= 0.6 is 11.8 Å². The van der Waals surface area contributed by atoms with Crippen LogP contribution in [-0.2, 0) is 22.7 Å². The maximum absolute atomic E-state index is 12.9. The molecular weight excluding hydrogens is 482 g/mol. The maximum Gasteiger partial charge on any atom is 0.373 e. The van der Waals surface area contributed by atoms with Gasteiger partial charge in [-0.25, -0.2) is 4.79 Å². The molecule has 2 aromatic carbocycles. The molecule has 1 aliphatic heterocycles. The molecule has 0 N–H and O–H groups in total. The molecule has 2 heterocycles. The second-order valence-corrected chi connectivity index (χ2v) is 8.94. The van der Waals surface area contributed by atoms with E-state index in [2.05, 4.69) is 10.8 Å². The summed E-state index contributed by atoms with van der Waals surface area (Å²) in [7, 11) is 1.24. The van der Waals surface area contributed by atoms with E-state index in [0.717, 1.165) is 27.8 Å². The van der Waals surface area contributed by atoms with Gasteiger partial charge in [-0.15, -0.1) is 0 Å². The molecule has 0 saturated carbocycles. The van der Waals surface area contributed by atoms with Crippen LogP contribution in [0.4, 0.5) is 4.79 Å². The van der Waals surface area contributed by atoms with Crippen molar-refractivity contribution in [1.29, 1.82) is 0 Å². The summed E-state index contributed by atoms with van der Waals surface area (Å²) in [5.74, 6) is 0.355. The summed E-state index contributed by atoms with van der Waals surface area (Å²) in [5.41, 5.74) is 2.89. The van der Waals surface area contributed by atoms with Gasteiger partial charge >= 0.3 is 5.97 Å². The lowest BCUT2D eigenvalue weighted by Gasteiger charge is -2.13. The average molecular weight is 508 g/mol. The number of ether oxygens (including phenoxy) is 3. The number of carbonyl (C=O) groups excluding carboxylic acids is 3. The molecule has 1 aliphatic rings. The smallest absolute Gasteiger partial charge is 0.373 e. The zero-order chi connectivity index (χ0) is 25.7. The van der Waals surface area contributed by atoms with Gasteiger partial charge in [0, 0.05) is 0 Å². The molecule has 9 heteroatoms. The van der Waals surface area contributed by atoms with E-state index in [-0.39, 0.29) is 17.2 Å².